The van der Waals surface area contributed by atoms with Crippen molar-refractivity contribution in [3.63, 3.8) is 0 Å². The van der Waals surface area contributed by atoms with Crippen LogP contribution >= 0.6 is 11.6 Å². The van der Waals surface area contributed by atoms with E-state index < -0.39 is 5.60 Å². The summed E-state index contributed by atoms with van der Waals surface area (Å²) < 4.78 is 5.40. The molecule has 1 aliphatic rings. The van der Waals surface area contributed by atoms with Crippen LogP contribution in [0, 0.1) is 0 Å². The molecule has 3 rings (SSSR count). The molecule has 19 heavy (non-hydrogen) atoms. The number of nitrogens with zero attached hydrogens (tertiary/aromatic N) is 3. The van der Waals surface area contributed by atoms with Gasteiger partial charge in [0.1, 0.15) is 5.52 Å². The average Bonchev–Trinajstić information content (AvgIpc) is 2.87. The summed E-state index contributed by atoms with van der Waals surface area (Å²) in [5.74, 6) is 0.639. The molecule has 102 valence electrons. The van der Waals surface area contributed by atoms with Crippen LogP contribution in [0.25, 0.3) is 11.1 Å². The minimum absolute atomic E-state index is 0.173. The van der Waals surface area contributed by atoms with Gasteiger partial charge in [0.05, 0.1) is 18.5 Å². The van der Waals surface area contributed by atoms with Gasteiger partial charge in [0.2, 0.25) is 5.28 Å². The van der Waals surface area contributed by atoms with E-state index in [0.717, 1.165) is 0 Å². The predicted molar refractivity (Wildman–Crippen MR) is 70.3 cm³/mol. The second kappa shape index (κ2) is 4.63. The summed E-state index contributed by atoms with van der Waals surface area (Å²) in [5.41, 5.74) is 0.270. The van der Waals surface area contributed by atoms with Gasteiger partial charge in [-0.2, -0.15) is 4.98 Å². The van der Waals surface area contributed by atoms with Crippen molar-refractivity contribution in [2.45, 2.75) is 18.4 Å². The molecule has 1 aliphatic heterocycles. The number of hydrogen-bond acceptors (Lipinski definition) is 6. The summed E-state index contributed by atoms with van der Waals surface area (Å²) in [4.78, 5) is 10.3. The van der Waals surface area contributed by atoms with Gasteiger partial charge in [-0.1, -0.05) is 0 Å². The van der Waals surface area contributed by atoms with Gasteiger partial charge in [-0.15, -0.1) is 0 Å². The summed E-state index contributed by atoms with van der Waals surface area (Å²) >= 11 is 5.90. The van der Waals surface area contributed by atoms with Crippen LogP contribution in [0.4, 0.5) is 5.82 Å². The first-order valence-electron chi connectivity index (χ1n) is 6.10. The van der Waals surface area contributed by atoms with Gasteiger partial charge in [-0.25, -0.2) is 4.98 Å². The van der Waals surface area contributed by atoms with Gasteiger partial charge < -0.3 is 19.5 Å². The third kappa shape index (κ3) is 2.27. The number of fused-ring (bicyclic) bond motifs is 1. The van der Waals surface area contributed by atoms with Gasteiger partial charge in [0.25, 0.3) is 0 Å². The molecular weight excluding hydrogens is 270 g/mol. The van der Waals surface area contributed by atoms with Crippen LogP contribution in [0.15, 0.2) is 16.7 Å². The highest BCUT2D eigenvalue weighted by Gasteiger charge is 2.33. The molecule has 0 unspecified atom stereocenters. The van der Waals surface area contributed by atoms with Crippen molar-refractivity contribution in [1.29, 1.82) is 0 Å². The highest BCUT2D eigenvalue weighted by atomic mass is 35.5. The Morgan fingerprint density at radius 1 is 1.37 bits per heavy atom. The number of aliphatic hydroxyl groups excluding tert-OH is 1. The summed E-state index contributed by atoms with van der Waals surface area (Å²) in [5, 5.41) is 19.3. The van der Waals surface area contributed by atoms with E-state index in [0.29, 0.717) is 42.8 Å². The van der Waals surface area contributed by atoms with Gasteiger partial charge in [0.15, 0.2) is 11.4 Å². The van der Waals surface area contributed by atoms with E-state index in [2.05, 4.69) is 9.97 Å². The third-order valence-corrected chi connectivity index (χ3v) is 3.72. The molecule has 0 aliphatic carbocycles. The van der Waals surface area contributed by atoms with Crippen molar-refractivity contribution < 1.29 is 14.6 Å². The van der Waals surface area contributed by atoms with Crippen molar-refractivity contribution in [3.8, 4) is 0 Å². The fourth-order valence-corrected chi connectivity index (χ4v) is 2.50. The van der Waals surface area contributed by atoms with Gasteiger partial charge in [-0.3, -0.25) is 0 Å². The lowest BCUT2D eigenvalue weighted by Gasteiger charge is -2.37. The Kier molecular flexibility index (Phi) is 3.08. The van der Waals surface area contributed by atoms with E-state index in [1.165, 1.54) is 0 Å². The number of aliphatic hydroxyl groups is 2. The van der Waals surface area contributed by atoms with E-state index in [1.54, 1.807) is 12.3 Å². The van der Waals surface area contributed by atoms with Crippen LogP contribution in [-0.4, -0.2) is 45.5 Å². The first kappa shape index (κ1) is 12.7. The van der Waals surface area contributed by atoms with E-state index in [-0.39, 0.29) is 11.9 Å². The second-order valence-electron chi connectivity index (χ2n) is 4.82. The van der Waals surface area contributed by atoms with Gasteiger partial charge in [-0.05, 0) is 24.4 Å². The van der Waals surface area contributed by atoms with E-state index in [4.69, 9.17) is 21.1 Å². The quantitative estimate of drug-likeness (QED) is 0.806. The molecule has 2 N–H and O–H groups in total. The Labute approximate surface area is 114 Å². The summed E-state index contributed by atoms with van der Waals surface area (Å²) in [6.07, 6.45) is 2.51. The molecule has 7 heteroatoms. The van der Waals surface area contributed by atoms with Crippen LogP contribution < -0.4 is 4.90 Å². The van der Waals surface area contributed by atoms with Crippen molar-refractivity contribution in [3.05, 3.63) is 17.6 Å². The fraction of sp³-hybridized carbons (Fsp3) is 0.500. The summed E-state index contributed by atoms with van der Waals surface area (Å²) in [7, 11) is 0. The highest BCUT2D eigenvalue weighted by Crippen LogP contribution is 2.30. The SMILES string of the molecule is OCC1(O)CCN(c2nc(Cl)nc3ccoc23)CC1. The van der Waals surface area contributed by atoms with Crippen LogP contribution in [0.3, 0.4) is 0 Å². The number of hydrogen-bond donors (Lipinski definition) is 2. The third-order valence-electron chi connectivity index (χ3n) is 3.55. The van der Waals surface area contributed by atoms with Crippen LogP contribution in [0.5, 0.6) is 0 Å². The van der Waals surface area contributed by atoms with Crippen molar-refractivity contribution in [1.82, 2.24) is 9.97 Å². The summed E-state index contributed by atoms with van der Waals surface area (Å²) in [6, 6.07) is 1.74. The number of aromatic nitrogens is 2. The molecule has 3 heterocycles. The highest BCUT2D eigenvalue weighted by molar-refractivity contribution is 6.28. The maximum absolute atomic E-state index is 10.0. The molecule has 0 radical (unpaired) electrons. The van der Waals surface area contributed by atoms with Gasteiger partial charge >= 0.3 is 0 Å². The second-order valence-corrected chi connectivity index (χ2v) is 5.16. The molecule has 6 nitrogen and oxygen atoms in total. The fourth-order valence-electron chi connectivity index (χ4n) is 2.33. The topological polar surface area (TPSA) is 82.6 Å². The molecule has 1 saturated heterocycles. The Morgan fingerprint density at radius 3 is 2.79 bits per heavy atom. The first-order chi connectivity index (χ1) is 9.11. The standard InChI is InChI=1S/C12H14ClN3O3/c13-11-14-8-1-6-19-9(8)10(15-11)16-4-2-12(18,7-17)3-5-16/h1,6,17-18H,2-5,7H2. The van der Waals surface area contributed by atoms with Gasteiger partial charge in [0, 0.05) is 19.2 Å². The van der Waals surface area contributed by atoms with Crippen LogP contribution in [0.2, 0.25) is 5.28 Å². The zero-order valence-corrected chi connectivity index (χ0v) is 11.0. The molecule has 0 saturated carbocycles. The number of halogens is 1. The lowest BCUT2D eigenvalue weighted by Crippen LogP contribution is -2.47. The van der Waals surface area contributed by atoms with Crippen molar-refractivity contribution in [2.24, 2.45) is 0 Å². The molecule has 2 aromatic heterocycles. The molecular formula is C12H14ClN3O3. The number of piperidine rings is 1. The van der Waals surface area contributed by atoms with E-state index >= 15 is 0 Å². The van der Waals surface area contributed by atoms with E-state index in [1.807, 2.05) is 4.90 Å². The Morgan fingerprint density at radius 2 is 2.11 bits per heavy atom. The van der Waals surface area contributed by atoms with E-state index in [9.17, 15) is 5.11 Å². The van der Waals surface area contributed by atoms with Crippen LogP contribution in [0.1, 0.15) is 12.8 Å². The first-order valence-corrected chi connectivity index (χ1v) is 6.48. The molecule has 0 bridgehead atoms. The zero-order valence-electron chi connectivity index (χ0n) is 10.2. The smallest absolute Gasteiger partial charge is 0.225 e. The normalized spacial score (nSPS) is 19.0. The zero-order chi connectivity index (χ0) is 13.5. The van der Waals surface area contributed by atoms with Crippen LogP contribution in [-0.2, 0) is 0 Å². The maximum atomic E-state index is 10.0. The Balaban J connectivity index is 1.91. The Hall–Kier alpha value is -1.37. The minimum atomic E-state index is -0.990. The largest absolute Gasteiger partial charge is 0.459 e. The lowest BCUT2D eigenvalue weighted by atomic mass is 9.92. The number of anilines is 1. The molecule has 0 amide bonds. The molecule has 0 spiro atoms. The molecule has 2 aromatic rings. The maximum Gasteiger partial charge on any atom is 0.225 e. The Bertz CT molecular complexity index is 593. The molecule has 1 fully saturated rings. The predicted octanol–water partition coefficient (Wildman–Crippen LogP) is 1.20. The molecule has 0 atom stereocenters. The monoisotopic (exact) mass is 283 g/mol. The number of rotatable bonds is 2. The minimum Gasteiger partial charge on any atom is -0.459 e. The average molecular weight is 284 g/mol. The summed E-state index contributed by atoms with van der Waals surface area (Å²) in [6.45, 7) is 0.946. The van der Waals surface area contributed by atoms with Crippen molar-refractivity contribution in [2.75, 3.05) is 24.6 Å². The number of furan rings is 1. The van der Waals surface area contributed by atoms with Crippen molar-refractivity contribution >= 4 is 28.5 Å². The molecule has 0 aromatic carbocycles. The lowest BCUT2D eigenvalue weighted by molar-refractivity contribution is -0.0326.